The second-order valence-electron chi connectivity index (χ2n) is 10.8. The highest BCUT2D eigenvalue weighted by Crippen LogP contribution is 2.87. The Morgan fingerprint density at radius 2 is 1.80 bits per heavy atom. The molecule has 9 aliphatic rings. The lowest BCUT2D eigenvalue weighted by molar-refractivity contribution is -0.216. The Labute approximate surface area is 147 Å². The average molecular weight is 345 g/mol. The van der Waals surface area contributed by atoms with Crippen molar-refractivity contribution in [1.29, 1.82) is 0 Å². The maximum absolute atomic E-state index is 11.4. The molecule has 5 heteroatoms. The Hall–Kier alpha value is -0.460. The van der Waals surface area contributed by atoms with E-state index in [4.69, 9.17) is 0 Å². The fourth-order valence-corrected chi connectivity index (χ4v) is 10.7. The van der Waals surface area contributed by atoms with Crippen LogP contribution in [0.3, 0.4) is 0 Å². The van der Waals surface area contributed by atoms with Crippen molar-refractivity contribution in [3.63, 3.8) is 0 Å². The van der Waals surface area contributed by atoms with Crippen molar-refractivity contribution in [3.05, 3.63) is 12.2 Å². The molecule has 3 saturated heterocycles. The van der Waals surface area contributed by atoms with Crippen molar-refractivity contribution < 1.29 is 20.4 Å². The van der Waals surface area contributed by atoms with E-state index in [1.807, 2.05) is 0 Å². The molecule has 3 heterocycles. The van der Waals surface area contributed by atoms with Gasteiger partial charge in [-0.2, -0.15) is 0 Å². The predicted molar refractivity (Wildman–Crippen MR) is 88.0 cm³/mol. The summed E-state index contributed by atoms with van der Waals surface area (Å²) in [6.45, 7) is 6.37. The molecule has 0 aromatic rings. The predicted octanol–water partition coefficient (Wildman–Crippen LogP) is 0.0824. The third-order valence-corrected chi connectivity index (χ3v) is 10.3. The summed E-state index contributed by atoms with van der Waals surface area (Å²) in [6, 6.07) is 0.453. The summed E-state index contributed by atoms with van der Waals surface area (Å²) in [4.78, 5) is 2.33. The summed E-state index contributed by atoms with van der Waals surface area (Å²) in [7, 11) is 0. The van der Waals surface area contributed by atoms with E-state index in [0.29, 0.717) is 18.4 Å². The summed E-state index contributed by atoms with van der Waals surface area (Å²) >= 11 is 0. The zero-order chi connectivity index (χ0) is 17.3. The Kier molecular flexibility index (Phi) is 2.11. The normalized spacial score (nSPS) is 76.5. The molecule has 136 valence electrons. The van der Waals surface area contributed by atoms with Gasteiger partial charge in [-0.15, -0.1) is 0 Å². The molecule has 14 atom stereocenters. The molecule has 1 unspecified atom stereocenters. The van der Waals surface area contributed by atoms with Crippen molar-refractivity contribution in [2.45, 2.75) is 69.2 Å². The van der Waals surface area contributed by atoms with Crippen molar-refractivity contribution in [2.24, 2.45) is 39.9 Å². The van der Waals surface area contributed by atoms with E-state index in [1.165, 1.54) is 0 Å². The van der Waals surface area contributed by atoms with Gasteiger partial charge < -0.3 is 20.4 Å². The molecule has 9 fully saturated rings. The summed E-state index contributed by atoms with van der Waals surface area (Å²) in [5.74, 6) is 0.360. The second-order valence-corrected chi connectivity index (χ2v) is 10.8. The minimum atomic E-state index is -0.560. The molecular formula is C20H27NO4. The first-order valence-corrected chi connectivity index (χ1v) is 9.96. The van der Waals surface area contributed by atoms with Crippen LogP contribution in [0.5, 0.6) is 0 Å². The Balaban J connectivity index is 1.54. The lowest BCUT2D eigenvalue weighted by Crippen LogP contribution is -2.67. The van der Waals surface area contributed by atoms with E-state index in [1.54, 1.807) is 0 Å². The van der Waals surface area contributed by atoms with Gasteiger partial charge in [-0.3, -0.25) is 4.90 Å². The van der Waals surface area contributed by atoms with Gasteiger partial charge in [0.2, 0.25) is 0 Å². The summed E-state index contributed by atoms with van der Waals surface area (Å²) in [5.41, 5.74) is 0.510. The lowest BCUT2D eigenvalue weighted by Gasteiger charge is -2.65. The molecule has 0 aromatic heterocycles. The van der Waals surface area contributed by atoms with Gasteiger partial charge in [0.25, 0.3) is 0 Å². The molecule has 6 saturated carbocycles. The number of fused-ring (bicyclic) bond motifs is 1. The monoisotopic (exact) mass is 345 g/mol. The molecule has 0 radical (unpaired) electrons. The number of aliphatic hydroxyl groups excluding tert-OH is 4. The first-order valence-electron chi connectivity index (χ1n) is 9.96. The molecular weight excluding hydrogens is 318 g/mol. The Morgan fingerprint density at radius 1 is 1.04 bits per heavy atom. The zero-order valence-corrected chi connectivity index (χ0v) is 14.5. The van der Waals surface area contributed by atoms with E-state index >= 15 is 0 Å². The maximum Gasteiger partial charge on any atom is 0.113 e. The first-order chi connectivity index (χ1) is 11.8. The van der Waals surface area contributed by atoms with Gasteiger partial charge in [0.05, 0.1) is 18.3 Å². The van der Waals surface area contributed by atoms with E-state index in [-0.39, 0.29) is 40.0 Å². The van der Waals surface area contributed by atoms with Crippen molar-refractivity contribution >= 4 is 0 Å². The van der Waals surface area contributed by atoms with E-state index in [2.05, 4.69) is 18.4 Å². The molecule has 9 bridgehead atoms. The van der Waals surface area contributed by atoms with Crippen LogP contribution >= 0.6 is 0 Å². The van der Waals surface area contributed by atoms with Crippen LogP contribution in [0.2, 0.25) is 0 Å². The van der Waals surface area contributed by atoms with E-state index in [0.717, 1.165) is 24.8 Å². The Bertz CT molecular complexity index is 741. The van der Waals surface area contributed by atoms with Gasteiger partial charge in [0.15, 0.2) is 0 Å². The maximum atomic E-state index is 11.4. The standard InChI is InChI=1S/C20H27NO4/c1-7-3-19-6-9-14-18(2)4-8(22)5-20(14)15(19)13(24)10(7)12(23)11(19)16(20)21(9)17(18)25/h8-17,22-25H,1,3-6H2,2H3/t8-,9-,10-,11+,12+,13-,14+,15+,16+,17-,18+,19-,20-/m0/s1. The van der Waals surface area contributed by atoms with Crippen LogP contribution in [0.25, 0.3) is 0 Å². The summed E-state index contributed by atoms with van der Waals surface area (Å²) in [5, 5.41) is 44.5. The number of aliphatic hydroxyl groups is 4. The van der Waals surface area contributed by atoms with Gasteiger partial charge in [-0.05, 0) is 48.3 Å². The van der Waals surface area contributed by atoms with Crippen LogP contribution in [0, 0.1) is 39.9 Å². The molecule has 2 spiro atoms. The molecule has 3 aliphatic heterocycles. The van der Waals surface area contributed by atoms with Crippen molar-refractivity contribution in [3.8, 4) is 0 Å². The van der Waals surface area contributed by atoms with Crippen LogP contribution in [0.15, 0.2) is 12.2 Å². The molecule has 6 aliphatic carbocycles. The average Bonchev–Trinajstić information content (AvgIpc) is 2.88. The quantitative estimate of drug-likeness (QED) is 0.468. The van der Waals surface area contributed by atoms with Gasteiger partial charge >= 0.3 is 0 Å². The number of rotatable bonds is 0. The lowest BCUT2D eigenvalue weighted by atomic mass is 9.39. The van der Waals surface area contributed by atoms with Gasteiger partial charge in [-0.1, -0.05) is 19.1 Å². The van der Waals surface area contributed by atoms with Gasteiger partial charge in [0.1, 0.15) is 6.23 Å². The van der Waals surface area contributed by atoms with Crippen molar-refractivity contribution in [1.82, 2.24) is 4.90 Å². The molecule has 5 nitrogen and oxygen atoms in total. The molecule has 0 aromatic carbocycles. The van der Waals surface area contributed by atoms with Crippen LogP contribution in [0.1, 0.15) is 32.6 Å². The zero-order valence-electron chi connectivity index (χ0n) is 14.5. The van der Waals surface area contributed by atoms with Crippen molar-refractivity contribution in [2.75, 3.05) is 0 Å². The fourth-order valence-electron chi connectivity index (χ4n) is 10.7. The summed E-state index contributed by atoms with van der Waals surface area (Å²) < 4.78 is 0. The van der Waals surface area contributed by atoms with Crippen LogP contribution in [0.4, 0.5) is 0 Å². The number of nitrogens with zero attached hydrogens (tertiary/aromatic N) is 1. The second kappa shape index (κ2) is 3.61. The molecule has 25 heavy (non-hydrogen) atoms. The van der Waals surface area contributed by atoms with Crippen LogP contribution in [-0.2, 0) is 0 Å². The third kappa shape index (κ3) is 1.06. The Morgan fingerprint density at radius 3 is 2.56 bits per heavy atom. The van der Waals surface area contributed by atoms with Crippen LogP contribution in [-0.4, -0.2) is 61.9 Å². The highest BCUT2D eigenvalue weighted by atomic mass is 16.3. The third-order valence-electron chi connectivity index (χ3n) is 10.3. The topological polar surface area (TPSA) is 84.2 Å². The number of hydrogen-bond acceptors (Lipinski definition) is 5. The fraction of sp³-hybridized carbons (Fsp3) is 0.900. The highest BCUT2D eigenvalue weighted by Gasteiger charge is 2.91. The number of piperidine rings is 2. The first kappa shape index (κ1) is 14.6. The smallest absolute Gasteiger partial charge is 0.113 e. The van der Waals surface area contributed by atoms with Gasteiger partial charge in [-0.25, -0.2) is 0 Å². The SMILES string of the molecule is C=C1C[C@@]23C[C@H]4[C@@H]5[C@@]6(C)C[C@H](O)C[C@@]57[C@@H]2[C@@H](O)[C@@H]1[C@@H](O)[C@@H]3[C@H]7N4[C@H]6O. The van der Waals surface area contributed by atoms with E-state index < -0.39 is 24.5 Å². The molecule has 4 N–H and O–H groups in total. The van der Waals surface area contributed by atoms with Crippen LogP contribution < -0.4 is 0 Å². The highest BCUT2D eigenvalue weighted by molar-refractivity contribution is 5.43. The van der Waals surface area contributed by atoms with Gasteiger partial charge in [0, 0.05) is 29.3 Å². The molecule has 9 rings (SSSR count). The summed E-state index contributed by atoms with van der Waals surface area (Å²) in [6.07, 6.45) is 1.20. The van der Waals surface area contributed by atoms with E-state index in [9.17, 15) is 20.4 Å². The number of hydrogen-bond donors (Lipinski definition) is 4. The largest absolute Gasteiger partial charge is 0.393 e. The minimum absolute atomic E-state index is 0.0744. The minimum Gasteiger partial charge on any atom is -0.393 e. The molecule has 0 amide bonds.